The summed E-state index contributed by atoms with van der Waals surface area (Å²) in [5.41, 5.74) is 6.85. The van der Waals surface area contributed by atoms with Crippen molar-refractivity contribution in [1.82, 2.24) is 0 Å². The summed E-state index contributed by atoms with van der Waals surface area (Å²) in [6, 6.07) is 6.86. The van der Waals surface area contributed by atoms with Crippen LogP contribution in [0.3, 0.4) is 0 Å². The molecule has 18 heavy (non-hydrogen) atoms. The Bertz CT molecular complexity index is 423. The van der Waals surface area contributed by atoms with Crippen molar-refractivity contribution < 1.29 is 13.6 Å². The Morgan fingerprint density at radius 2 is 1.67 bits per heavy atom. The molecular weight excluding hydrogens is 273 g/mol. The molecule has 0 saturated heterocycles. The first kappa shape index (κ1) is 15.7. The van der Waals surface area contributed by atoms with Crippen LogP contribution in [0.2, 0.25) is 5.02 Å². The first-order valence-corrected chi connectivity index (χ1v) is 7.73. The van der Waals surface area contributed by atoms with E-state index in [4.69, 9.17) is 26.4 Å². The fourth-order valence-electron chi connectivity index (χ4n) is 1.59. The lowest BCUT2D eigenvalue weighted by Crippen LogP contribution is -2.34. The van der Waals surface area contributed by atoms with Crippen LogP contribution in [0.15, 0.2) is 24.3 Å². The molecule has 0 unspecified atom stereocenters. The molecule has 0 aliphatic heterocycles. The van der Waals surface area contributed by atoms with E-state index in [2.05, 4.69) is 0 Å². The summed E-state index contributed by atoms with van der Waals surface area (Å²) >= 11 is 5.83. The van der Waals surface area contributed by atoms with Gasteiger partial charge < -0.3 is 14.8 Å². The lowest BCUT2D eigenvalue weighted by Gasteiger charge is -2.32. The molecule has 1 aromatic rings. The van der Waals surface area contributed by atoms with Gasteiger partial charge in [-0.3, -0.25) is 4.57 Å². The summed E-state index contributed by atoms with van der Waals surface area (Å²) in [5.74, 6) is 0. The van der Waals surface area contributed by atoms with Crippen molar-refractivity contribution in [3.63, 3.8) is 0 Å². The van der Waals surface area contributed by atoms with Crippen molar-refractivity contribution >= 4 is 19.2 Å². The topological polar surface area (TPSA) is 61.5 Å². The fraction of sp³-hybridized carbons (Fsp3) is 0.500. The lowest BCUT2D eigenvalue weighted by molar-refractivity contribution is 0.199. The summed E-state index contributed by atoms with van der Waals surface area (Å²) in [4.78, 5) is 0. The second kappa shape index (κ2) is 6.18. The minimum atomic E-state index is -3.42. The van der Waals surface area contributed by atoms with E-state index < -0.39 is 12.9 Å². The van der Waals surface area contributed by atoms with Gasteiger partial charge in [-0.25, -0.2) is 0 Å². The molecule has 1 aromatic carbocycles. The second-order valence-corrected chi connectivity index (χ2v) is 6.86. The van der Waals surface area contributed by atoms with Gasteiger partial charge in [-0.05, 0) is 38.5 Å². The van der Waals surface area contributed by atoms with Crippen LogP contribution in [0.25, 0.3) is 0 Å². The average molecular weight is 292 g/mol. The van der Waals surface area contributed by atoms with E-state index in [9.17, 15) is 4.57 Å². The lowest BCUT2D eigenvalue weighted by atomic mass is 10.1. The first-order valence-electron chi connectivity index (χ1n) is 5.81. The van der Waals surface area contributed by atoms with Crippen LogP contribution in [0.1, 0.15) is 26.3 Å². The zero-order valence-electron chi connectivity index (χ0n) is 10.9. The molecule has 102 valence electrons. The van der Waals surface area contributed by atoms with Gasteiger partial charge in [0.15, 0.2) is 0 Å². The van der Waals surface area contributed by atoms with Gasteiger partial charge in [0.2, 0.25) is 0 Å². The molecular formula is C12H19ClNO3P. The predicted octanol–water partition coefficient (Wildman–Crippen LogP) is 3.74. The normalized spacial score (nSPS) is 15.4. The molecule has 0 amide bonds. The smallest absolute Gasteiger partial charge is 0.312 e. The van der Waals surface area contributed by atoms with Gasteiger partial charge >= 0.3 is 7.60 Å². The Hall–Kier alpha value is -0.380. The van der Waals surface area contributed by atoms with Crippen molar-refractivity contribution in [2.45, 2.75) is 26.1 Å². The van der Waals surface area contributed by atoms with Crippen LogP contribution in [0.4, 0.5) is 0 Å². The summed E-state index contributed by atoms with van der Waals surface area (Å²) < 4.78 is 23.3. The highest BCUT2D eigenvalue weighted by molar-refractivity contribution is 7.55. The Balaban J connectivity index is 3.15. The molecule has 1 atom stereocenters. The highest BCUT2D eigenvalue weighted by Gasteiger charge is 2.45. The van der Waals surface area contributed by atoms with E-state index >= 15 is 0 Å². The van der Waals surface area contributed by atoms with E-state index in [-0.39, 0.29) is 13.2 Å². The van der Waals surface area contributed by atoms with Gasteiger partial charge in [-0.15, -0.1) is 0 Å². The zero-order valence-corrected chi connectivity index (χ0v) is 12.5. The van der Waals surface area contributed by atoms with Crippen LogP contribution in [-0.2, 0) is 18.9 Å². The molecule has 0 bridgehead atoms. The van der Waals surface area contributed by atoms with Crippen molar-refractivity contribution in [1.29, 1.82) is 0 Å². The fourth-order valence-corrected chi connectivity index (χ4v) is 3.47. The summed E-state index contributed by atoms with van der Waals surface area (Å²) in [6.07, 6.45) is 0. The summed E-state index contributed by atoms with van der Waals surface area (Å²) in [7, 11) is -3.42. The van der Waals surface area contributed by atoms with Crippen LogP contribution in [0.5, 0.6) is 0 Å². The molecule has 0 fully saturated rings. The number of benzene rings is 1. The number of halogens is 1. The Labute approximate surface area is 113 Å². The maximum atomic E-state index is 12.7. The number of hydrogen-bond donors (Lipinski definition) is 1. The Kier molecular flexibility index (Phi) is 5.38. The molecule has 2 N–H and O–H groups in total. The van der Waals surface area contributed by atoms with Crippen LogP contribution in [0, 0.1) is 0 Å². The molecule has 0 aliphatic rings. The Morgan fingerprint density at radius 1 is 1.22 bits per heavy atom. The third kappa shape index (κ3) is 3.14. The molecule has 0 aromatic heterocycles. The van der Waals surface area contributed by atoms with E-state index in [1.54, 1.807) is 45.0 Å². The molecule has 6 heteroatoms. The molecule has 0 aliphatic carbocycles. The highest BCUT2D eigenvalue weighted by Crippen LogP contribution is 2.61. The maximum absolute atomic E-state index is 12.7. The Morgan fingerprint density at radius 3 is 2.06 bits per heavy atom. The van der Waals surface area contributed by atoms with Crippen LogP contribution < -0.4 is 5.73 Å². The van der Waals surface area contributed by atoms with Gasteiger partial charge in [0.1, 0.15) is 5.28 Å². The standard InChI is InChI=1S/C12H19ClNO3P/c1-4-16-18(15,17-5-2)12(3,14)10-6-8-11(13)9-7-10/h6-9H,4-5,14H2,1-3H3/t12-/m1/s1. The molecule has 0 spiro atoms. The zero-order chi connectivity index (χ0) is 13.8. The average Bonchev–Trinajstić information content (AvgIpc) is 2.30. The SMILES string of the molecule is CCOP(=O)(OCC)[C@@](C)(N)c1ccc(Cl)cc1. The number of nitrogens with two attached hydrogens (primary N) is 1. The molecule has 0 radical (unpaired) electrons. The minimum absolute atomic E-state index is 0.275. The highest BCUT2D eigenvalue weighted by atomic mass is 35.5. The van der Waals surface area contributed by atoms with Gasteiger partial charge in [0, 0.05) is 5.02 Å². The van der Waals surface area contributed by atoms with Gasteiger partial charge in [-0.2, -0.15) is 0 Å². The quantitative estimate of drug-likeness (QED) is 0.811. The van der Waals surface area contributed by atoms with E-state index in [0.717, 1.165) is 0 Å². The molecule has 0 heterocycles. The van der Waals surface area contributed by atoms with E-state index in [1.165, 1.54) is 0 Å². The summed E-state index contributed by atoms with van der Waals surface area (Å²) in [6.45, 7) is 5.70. The molecule has 0 saturated carbocycles. The van der Waals surface area contributed by atoms with Crippen molar-refractivity contribution in [3.05, 3.63) is 34.9 Å². The van der Waals surface area contributed by atoms with Crippen molar-refractivity contribution in [2.24, 2.45) is 5.73 Å². The van der Waals surface area contributed by atoms with Gasteiger partial charge in [0.05, 0.1) is 13.2 Å². The van der Waals surface area contributed by atoms with Crippen molar-refractivity contribution in [3.8, 4) is 0 Å². The molecule has 4 nitrogen and oxygen atoms in total. The van der Waals surface area contributed by atoms with E-state index in [1.807, 2.05) is 0 Å². The predicted molar refractivity (Wildman–Crippen MR) is 73.8 cm³/mol. The largest absolute Gasteiger partial charge is 0.354 e. The monoisotopic (exact) mass is 291 g/mol. The number of rotatable bonds is 6. The van der Waals surface area contributed by atoms with Gasteiger partial charge in [0.25, 0.3) is 0 Å². The molecule has 1 rings (SSSR count). The minimum Gasteiger partial charge on any atom is -0.312 e. The maximum Gasteiger partial charge on any atom is 0.354 e. The van der Waals surface area contributed by atoms with E-state index in [0.29, 0.717) is 10.6 Å². The first-order chi connectivity index (χ1) is 8.37. The summed E-state index contributed by atoms with van der Waals surface area (Å²) in [5, 5.41) is -0.610. The number of hydrogen-bond acceptors (Lipinski definition) is 4. The third-order valence-corrected chi connectivity index (χ3v) is 5.44. The van der Waals surface area contributed by atoms with Gasteiger partial charge in [-0.1, -0.05) is 23.7 Å². The van der Waals surface area contributed by atoms with Crippen LogP contribution >= 0.6 is 19.2 Å². The van der Waals surface area contributed by atoms with Crippen molar-refractivity contribution in [2.75, 3.05) is 13.2 Å². The second-order valence-electron chi connectivity index (χ2n) is 3.99. The third-order valence-electron chi connectivity index (χ3n) is 2.60. The van der Waals surface area contributed by atoms with Crippen LogP contribution in [-0.4, -0.2) is 13.2 Å².